The van der Waals surface area contributed by atoms with E-state index in [0.29, 0.717) is 17.8 Å². The lowest BCUT2D eigenvalue weighted by Gasteiger charge is -2.30. The van der Waals surface area contributed by atoms with Gasteiger partial charge in [-0.05, 0) is 49.4 Å². The van der Waals surface area contributed by atoms with E-state index in [1.165, 1.54) is 17.5 Å². The van der Waals surface area contributed by atoms with Crippen molar-refractivity contribution in [1.82, 2.24) is 9.55 Å². The zero-order chi connectivity index (χ0) is 16.0. The summed E-state index contributed by atoms with van der Waals surface area (Å²) < 4.78 is 7.24. The van der Waals surface area contributed by atoms with Gasteiger partial charge in [0.2, 0.25) is 0 Å². The Balaban J connectivity index is 1.75. The number of hydrogen-bond donors (Lipinski definition) is 0. The Morgan fingerprint density at radius 3 is 3.00 bits per heavy atom. The van der Waals surface area contributed by atoms with Crippen molar-refractivity contribution >= 4 is 5.97 Å². The number of aromatic nitrogens is 2. The minimum absolute atomic E-state index is 0.0656. The summed E-state index contributed by atoms with van der Waals surface area (Å²) >= 11 is 0. The number of ether oxygens (including phenoxy) is 1. The number of imidazole rings is 1. The molecule has 1 aliphatic carbocycles. The summed E-state index contributed by atoms with van der Waals surface area (Å²) in [7, 11) is 0. The molecule has 6 nitrogen and oxygen atoms in total. The second kappa shape index (κ2) is 5.01. The Bertz CT molecular complexity index is 811. The first kappa shape index (κ1) is 14.1. The number of hydrogen-bond acceptors (Lipinski definition) is 5. The molecule has 0 bridgehead atoms. The number of carbonyl (C=O) groups excluding carboxylic acids is 1. The highest BCUT2D eigenvalue weighted by molar-refractivity contribution is 5.91. The molecule has 1 aliphatic heterocycles. The molecule has 6 heteroatoms. The fourth-order valence-electron chi connectivity index (χ4n) is 3.52. The molecular formula is C17H17N3O3. The average molecular weight is 311 g/mol. The average Bonchev–Trinajstić information content (AvgIpc) is 3.12. The summed E-state index contributed by atoms with van der Waals surface area (Å²) in [5.74, 6) is -0.449. The number of carbonyl (C=O) groups is 1. The SMILES string of the molecule is CC1(CN=O)Cc2ncn(-c3ccc4c(c3)CCC4)c2C(=O)O1. The fourth-order valence-corrected chi connectivity index (χ4v) is 3.52. The van der Waals surface area contributed by atoms with Crippen molar-refractivity contribution in [3.05, 3.63) is 51.9 Å². The van der Waals surface area contributed by atoms with Crippen LogP contribution in [-0.2, 0) is 24.0 Å². The lowest BCUT2D eigenvalue weighted by Crippen LogP contribution is -2.42. The summed E-state index contributed by atoms with van der Waals surface area (Å²) in [5.41, 5.74) is 3.86. The molecule has 0 spiro atoms. The molecule has 0 amide bonds. The third kappa shape index (κ3) is 2.25. The topological polar surface area (TPSA) is 73.5 Å². The monoisotopic (exact) mass is 311 g/mol. The van der Waals surface area contributed by atoms with Gasteiger partial charge in [0.1, 0.15) is 18.5 Å². The molecule has 0 N–H and O–H groups in total. The third-order valence-corrected chi connectivity index (χ3v) is 4.68. The maximum atomic E-state index is 12.4. The Kier molecular flexibility index (Phi) is 3.07. The van der Waals surface area contributed by atoms with E-state index in [2.05, 4.69) is 22.3 Å². The number of nitroso groups, excluding NO2 is 1. The molecule has 0 radical (unpaired) electrons. The van der Waals surface area contributed by atoms with Gasteiger partial charge in [0.15, 0.2) is 5.69 Å². The van der Waals surface area contributed by atoms with Crippen molar-refractivity contribution < 1.29 is 9.53 Å². The number of nitrogens with zero attached hydrogens (tertiary/aromatic N) is 3. The van der Waals surface area contributed by atoms with Crippen LogP contribution in [0.4, 0.5) is 0 Å². The van der Waals surface area contributed by atoms with Crippen LogP contribution in [0.5, 0.6) is 0 Å². The van der Waals surface area contributed by atoms with Crippen molar-refractivity contribution in [2.45, 2.75) is 38.2 Å². The first-order valence-electron chi connectivity index (χ1n) is 7.80. The Morgan fingerprint density at radius 2 is 2.17 bits per heavy atom. The molecule has 2 aliphatic rings. The Labute approximate surface area is 133 Å². The van der Waals surface area contributed by atoms with Gasteiger partial charge in [-0.1, -0.05) is 11.2 Å². The minimum atomic E-state index is -0.900. The van der Waals surface area contributed by atoms with E-state index in [1.807, 2.05) is 6.07 Å². The number of rotatable bonds is 3. The number of esters is 1. The first-order valence-corrected chi connectivity index (χ1v) is 7.80. The summed E-state index contributed by atoms with van der Waals surface area (Å²) in [6, 6.07) is 6.26. The van der Waals surface area contributed by atoms with Gasteiger partial charge >= 0.3 is 5.97 Å². The third-order valence-electron chi connectivity index (χ3n) is 4.68. The van der Waals surface area contributed by atoms with Gasteiger partial charge in [0, 0.05) is 12.1 Å². The second-order valence-electron chi connectivity index (χ2n) is 6.52. The van der Waals surface area contributed by atoms with Crippen LogP contribution in [0, 0.1) is 4.91 Å². The van der Waals surface area contributed by atoms with E-state index < -0.39 is 11.6 Å². The molecule has 2 heterocycles. The second-order valence-corrected chi connectivity index (χ2v) is 6.52. The van der Waals surface area contributed by atoms with Crippen molar-refractivity contribution in [3.63, 3.8) is 0 Å². The van der Waals surface area contributed by atoms with Gasteiger partial charge in [-0.2, -0.15) is 4.91 Å². The quantitative estimate of drug-likeness (QED) is 0.645. The van der Waals surface area contributed by atoms with Gasteiger partial charge in [-0.25, -0.2) is 9.78 Å². The van der Waals surface area contributed by atoms with Crippen molar-refractivity contribution in [3.8, 4) is 5.69 Å². The normalized spacial score (nSPS) is 22.4. The predicted molar refractivity (Wildman–Crippen MR) is 83.8 cm³/mol. The van der Waals surface area contributed by atoms with E-state index in [9.17, 15) is 9.70 Å². The highest BCUT2D eigenvalue weighted by atomic mass is 16.6. The van der Waals surface area contributed by atoms with Crippen molar-refractivity contribution in [2.24, 2.45) is 5.18 Å². The van der Waals surface area contributed by atoms with Crippen LogP contribution < -0.4 is 0 Å². The highest BCUT2D eigenvalue weighted by Gasteiger charge is 2.40. The van der Waals surface area contributed by atoms with Crippen LogP contribution in [0.15, 0.2) is 29.7 Å². The molecule has 0 fully saturated rings. The van der Waals surface area contributed by atoms with Crippen molar-refractivity contribution in [1.29, 1.82) is 0 Å². The molecule has 0 saturated heterocycles. The number of cyclic esters (lactones) is 1. The van der Waals surface area contributed by atoms with Crippen LogP contribution in [0.1, 0.15) is 40.7 Å². The van der Waals surface area contributed by atoms with Crippen LogP contribution >= 0.6 is 0 Å². The molecular weight excluding hydrogens is 294 g/mol. The molecule has 2 aromatic rings. The van der Waals surface area contributed by atoms with Crippen LogP contribution in [0.25, 0.3) is 5.69 Å². The fraction of sp³-hybridized carbons (Fsp3) is 0.412. The molecule has 1 aromatic heterocycles. The summed E-state index contributed by atoms with van der Waals surface area (Å²) in [6.07, 6.45) is 5.44. The highest BCUT2D eigenvalue weighted by Crippen LogP contribution is 2.31. The van der Waals surface area contributed by atoms with E-state index in [1.54, 1.807) is 17.8 Å². The van der Waals surface area contributed by atoms with E-state index >= 15 is 0 Å². The van der Waals surface area contributed by atoms with Crippen LogP contribution in [-0.4, -0.2) is 27.7 Å². The number of fused-ring (bicyclic) bond motifs is 2. The van der Waals surface area contributed by atoms with Gasteiger partial charge in [0.05, 0.1) is 5.69 Å². The Hall–Kier alpha value is -2.50. The van der Waals surface area contributed by atoms with Gasteiger partial charge < -0.3 is 4.74 Å². The molecule has 4 rings (SSSR count). The van der Waals surface area contributed by atoms with Gasteiger partial charge in [-0.3, -0.25) is 4.57 Å². The number of aryl methyl sites for hydroxylation is 2. The largest absolute Gasteiger partial charge is 0.452 e. The Morgan fingerprint density at radius 1 is 1.35 bits per heavy atom. The standard InChI is InChI=1S/C17H17N3O3/c1-17(9-19-22)8-14-15(16(21)23-17)20(10-18-14)13-6-5-11-3-2-4-12(11)7-13/h5-7,10H,2-4,8-9H2,1H3. The van der Waals surface area contributed by atoms with Gasteiger partial charge in [-0.15, -0.1) is 0 Å². The molecule has 23 heavy (non-hydrogen) atoms. The van der Waals surface area contributed by atoms with E-state index in [-0.39, 0.29) is 6.54 Å². The maximum Gasteiger partial charge on any atom is 0.357 e. The molecule has 1 unspecified atom stereocenters. The maximum absolute atomic E-state index is 12.4. The molecule has 1 atom stereocenters. The van der Waals surface area contributed by atoms with Gasteiger partial charge in [0.25, 0.3) is 0 Å². The number of benzene rings is 1. The smallest absolute Gasteiger partial charge is 0.357 e. The molecule has 118 valence electrons. The lowest BCUT2D eigenvalue weighted by atomic mass is 9.96. The van der Waals surface area contributed by atoms with Crippen LogP contribution in [0.3, 0.4) is 0 Å². The van der Waals surface area contributed by atoms with E-state index in [4.69, 9.17) is 4.74 Å². The lowest BCUT2D eigenvalue weighted by molar-refractivity contribution is -0.0124. The first-order chi connectivity index (χ1) is 11.1. The zero-order valence-corrected chi connectivity index (χ0v) is 12.9. The molecule has 1 aromatic carbocycles. The summed E-state index contributed by atoms with van der Waals surface area (Å²) in [6.45, 7) is 1.65. The van der Waals surface area contributed by atoms with Crippen molar-refractivity contribution in [2.75, 3.05) is 6.54 Å². The predicted octanol–water partition coefficient (Wildman–Crippen LogP) is 2.60. The molecule has 0 saturated carbocycles. The van der Waals surface area contributed by atoms with E-state index in [0.717, 1.165) is 18.5 Å². The summed E-state index contributed by atoms with van der Waals surface area (Å²) in [5, 5.41) is 2.88. The summed E-state index contributed by atoms with van der Waals surface area (Å²) in [4.78, 5) is 27.4. The zero-order valence-electron chi connectivity index (χ0n) is 12.9. The van der Waals surface area contributed by atoms with Crippen LogP contribution in [0.2, 0.25) is 0 Å². The minimum Gasteiger partial charge on any atom is -0.452 e.